The van der Waals surface area contributed by atoms with E-state index in [4.69, 9.17) is 5.84 Å². The fraction of sp³-hybridized carbons (Fsp3) is 0.778. The number of nitrogens with two attached hydrogens (primary N) is 1. The number of amides is 2. The maximum atomic E-state index is 11.1. The smallest absolute Gasteiger partial charge is 0.316 e. The summed E-state index contributed by atoms with van der Waals surface area (Å²) >= 11 is 0. The van der Waals surface area contributed by atoms with Crippen molar-refractivity contribution in [3.05, 3.63) is 0 Å². The molecule has 0 saturated carbocycles. The first-order valence-corrected chi connectivity index (χ1v) is 5.31. The molecule has 0 unspecified atom stereocenters. The van der Waals surface area contributed by atoms with Gasteiger partial charge in [0, 0.05) is 33.7 Å². The molecule has 94 valence electrons. The normalized spacial score (nSPS) is 10.9. The lowest BCUT2D eigenvalue weighted by Gasteiger charge is -2.13. The molecule has 2 amide bonds. The highest BCUT2D eigenvalue weighted by Gasteiger charge is 2.01. The average Bonchev–Trinajstić information content (AvgIpc) is 2.27. The molecule has 7 nitrogen and oxygen atoms in total. The SMILES string of the molecule is CCCN=C(NN)NCCNC(=O)N(C)C. The summed E-state index contributed by atoms with van der Waals surface area (Å²) in [5.41, 5.74) is 2.46. The number of hydrogen-bond acceptors (Lipinski definition) is 3. The van der Waals surface area contributed by atoms with Crippen molar-refractivity contribution in [2.45, 2.75) is 13.3 Å². The summed E-state index contributed by atoms with van der Waals surface area (Å²) in [5, 5.41) is 5.70. The van der Waals surface area contributed by atoms with E-state index in [1.165, 1.54) is 4.90 Å². The highest BCUT2D eigenvalue weighted by molar-refractivity contribution is 5.79. The number of hydrazine groups is 1. The maximum Gasteiger partial charge on any atom is 0.316 e. The van der Waals surface area contributed by atoms with Crippen LogP contribution >= 0.6 is 0 Å². The molecular formula is C9H22N6O. The molecule has 0 heterocycles. The fourth-order valence-electron chi connectivity index (χ4n) is 0.885. The van der Waals surface area contributed by atoms with Gasteiger partial charge in [-0.2, -0.15) is 0 Å². The predicted octanol–water partition coefficient (Wildman–Crippen LogP) is -0.923. The number of nitrogens with one attached hydrogen (secondary N) is 3. The Morgan fingerprint density at radius 2 is 1.94 bits per heavy atom. The van der Waals surface area contributed by atoms with Crippen LogP contribution in [0.15, 0.2) is 4.99 Å². The first-order valence-electron chi connectivity index (χ1n) is 5.31. The minimum atomic E-state index is -0.116. The zero-order valence-electron chi connectivity index (χ0n) is 10.2. The van der Waals surface area contributed by atoms with Crippen LogP contribution in [0.25, 0.3) is 0 Å². The largest absolute Gasteiger partial charge is 0.354 e. The Morgan fingerprint density at radius 1 is 1.31 bits per heavy atom. The van der Waals surface area contributed by atoms with Crippen molar-refractivity contribution >= 4 is 12.0 Å². The molecule has 16 heavy (non-hydrogen) atoms. The molecule has 0 bridgehead atoms. The first kappa shape index (κ1) is 14.5. The summed E-state index contributed by atoms with van der Waals surface area (Å²) in [6, 6.07) is -0.116. The summed E-state index contributed by atoms with van der Waals surface area (Å²) < 4.78 is 0. The molecule has 0 fully saturated rings. The highest BCUT2D eigenvalue weighted by Crippen LogP contribution is 1.78. The minimum Gasteiger partial charge on any atom is -0.354 e. The lowest BCUT2D eigenvalue weighted by atomic mass is 10.5. The molecule has 0 aromatic carbocycles. The molecule has 0 spiro atoms. The third kappa shape index (κ3) is 6.88. The van der Waals surface area contributed by atoms with Gasteiger partial charge >= 0.3 is 6.03 Å². The lowest BCUT2D eigenvalue weighted by Crippen LogP contribution is -2.45. The Labute approximate surface area is 96.4 Å². The van der Waals surface area contributed by atoms with E-state index >= 15 is 0 Å². The second-order valence-corrected chi connectivity index (χ2v) is 3.43. The summed E-state index contributed by atoms with van der Waals surface area (Å²) in [5.74, 6) is 5.81. The van der Waals surface area contributed by atoms with Crippen LogP contribution in [0.3, 0.4) is 0 Å². The van der Waals surface area contributed by atoms with Crippen LogP contribution in [0.1, 0.15) is 13.3 Å². The van der Waals surface area contributed by atoms with Crippen LogP contribution in [0.4, 0.5) is 4.79 Å². The van der Waals surface area contributed by atoms with E-state index in [1.54, 1.807) is 14.1 Å². The molecule has 0 aliphatic rings. The van der Waals surface area contributed by atoms with Crippen molar-refractivity contribution in [2.75, 3.05) is 33.7 Å². The molecule has 0 aromatic heterocycles. The Hall–Kier alpha value is -1.50. The van der Waals surface area contributed by atoms with Crippen LogP contribution in [-0.4, -0.2) is 50.6 Å². The lowest BCUT2D eigenvalue weighted by molar-refractivity contribution is 0.217. The van der Waals surface area contributed by atoms with E-state index in [2.05, 4.69) is 21.1 Å². The quantitative estimate of drug-likeness (QED) is 0.161. The van der Waals surface area contributed by atoms with Gasteiger partial charge in [0.05, 0.1) is 0 Å². The molecule has 0 aliphatic carbocycles. The third-order valence-electron chi connectivity index (χ3n) is 1.73. The zero-order valence-corrected chi connectivity index (χ0v) is 10.2. The zero-order chi connectivity index (χ0) is 12.4. The summed E-state index contributed by atoms with van der Waals surface area (Å²) in [6.45, 7) is 3.85. The van der Waals surface area contributed by atoms with Crippen LogP contribution in [0.5, 0.6) is 0 Å². The van der Waals surface area contributed by atoms with Gasteiger partial charge < -0.3 is 15.5 Å². The van der Waals surface area contributed by atoms with Gasteiger partial charge in [-0.3, -0.25) is 10.4 Å². The second kappa shape index (κ2) is 8.78. The van der Waals surface area contributed by atoms with E-state index in [1.807, 2.05) is 6.92 Å². The summed E-state index contributed by atoms with van der Waals surface area (Å²) in [4.78, 5) is 16.8. The van der Waals surface area contributed by atoms with E-state index in [0.29, 0.717) is 19.0 Å². The van der Waals surface area contributed by atoms with Gasteiger partial charge in [0.15, 0.2) is 0 Å². The number of nitrogens with zero attached hydrogens (tertiary/aromatic N) is 2. The van der Waals surface area contributed by atoms with Crippen molar-refractivity contribution in [2.24, 2.45) is 10.8 Å². The predicted molar refractivity (Wildman–Crippen MR) is 65.0 cm³/mol. The van der Waals surface area contributed by atoms with E-state index in [0.717, 1.165) is 13.0 Å². The Balaban J connectivity index is 3.67. The molecule has 0 atom stereocenters. The molecule has 0 radical (unpaired) electrons. The van der Waals surface area contributed by atoms with Gasteiger partial charge in [-0.05, 0) is 6.42 Å². The maximum absolute atomic E-state index is 11.1. The number of aliphatic imine (C=N–C) groups is 1. The summed E-state index contributed by atoms with van der Waals surface area (Å²) in [7, 11) is 3.39. The van der Waals surface area contributed by atoms with Crippen molar-refractivity contribution < 1.29 is 4.79 Å². The van der Waals surface area contributed by atoms with Crippen LogP contribution in [-0.2, 0) is 0 Å². The molecule has 7 heteroatoms. The van der Waals surface area contributed by atoms with Gasteiger partial charge in [0.25, 0.3) is 0 Å². The number of guanidine groups is 1. The molecule has 0 saturated heterocycles. The van der Waals surface area contributed by atoms with Crippen molar-refractivity contribution in [1.82, 2.24) is 21.0 Å². The molecule has 0 aromatic rings. The minimum absolute atomic E-state index is 0.116. The van der Waals surface area contributed by atoms with Crippen molar-refractivity contribution in [3.63, 3.8) is 0 Å². The average molecular weight is 230 g/mol. The number of rotatable bonds is 5. The van der Waals surface area contributed by atoms with Gasteiger partial charge in [-0.15, -0.1) is 0 Å². The Morgan fingerprint density at radius 3 is 2.44 bits per heavy atom. The van der Waals surface area contributed by atoms with E-state index < -0.39 is 0 Å². The molecule has 5 N–H and O–H groups in total. The van der Waals surface area contributed by atoms with E-state index in [-0.39, 0.29) is 6.03 Å². The summed E-state index contributed by atoms with van der Waals surface area (Å²) in [6.07, 6.45) is 0.963. The molecular weight excluding hydrogens is 208 g/mol. The van der Waals surface area contributed by atoms with Gasteiger partial charge in [0.1, 0.15) is 0 Å². The van der Waals surface area contributed by atoms with Gasteiger partial charge in [-0.25, -0.2) is 10.6 Å². The Bertz CT molecular complexity index is 228. The molecule has 0 rings (SSSR count). The van der Waals surface area contributed by atoms with Gasteiger partial charge in [-0.1, -0.05) is 6.92 Å². The topological polar surface area (TPSA) is 94.8 Å². The number of hydrogen-bond donors (Lipinski definition) is 4. The van der Waals surface area contributed by atoms with Crippen molar-refractivity contribution in [1.29, 1.82) is 0 Å². The molecule has 0 aliphatic heterocycles. The van der Waals surface area contributed by atoms with Crippen LogP contribution < -0.4 is 21.9 Å². The van der Waals surface area contributed by atoms with Crippen molar-refractivity contribution in [3.8, 4) is 0 Å². The first-order chi connectivity index (χ1) is 7.61. The fourth-order valence-corrected chi connectivity index (χ4v) is 0.885. The van der Waals surface area contributed by atoms with Crippen LogP contribution in [0, 0.1) is 0 Å². The van der Waals surface area contributed by atoms with Crippen LogP contribution in [0.2, 0.25) is 0 Å². The Kier molecular flexibility index (Phi) is 7.96. The monoisotopic (exact) mass is 230 g/mol. The number of carbonyl (C=O) groups excluding carboxylic acids is 1. The van der Waals surface area contributed by atoms with Gasteiger partial charge in [0.2, 0.25) is 5.96 Å². The number of carbonyl (C=O) groups is 1. The number of urea groups is 1. The standard InChI is InChI=1S/C9H22N6O/c1-4-5-11-8(14-10)12-6-7-13-9(16)15(2)3/h4-7,10H2,1-3H3,(H,13,16)(H2,11,12,14). The third-order valence-corrected chi connectivity index (χ3v) is 1.73. The highest BCUT2D eigenvalue weighted by atomic mass is 16.2. The van der Waals surface area contributed by atoms with E-state index in [9.17, 15) is 4.79 Å². The second-order valence-electron chi connectivity index (χ2n) is 3.43.